The van der Waals surface area contributed by atoms with Crippen molar-refractivity contribution in [1.29, 1.82) is 0 Å². The van der Waals surface area contributed by atoms with Gasteiger partial charge in [-0.3, -0.25) is 9.59 Å². The van der Waals surface area contributed by atoms with E-state index < -0.39 is 17.4 Å². The van der Waals surface area contributed by atoms with Crippen LogP contribution < -0.4 is 0 Å². The molecule has 0 N–H and O–H groups in total. The molecule has 4 rings (SSSR count). The third kappa shape index (κ3) is 4.01. The molecule has 5 nitrogen and oxygen atoms in total. The molecule has 1 aromatic heterocycles. The van der Waals surface area contributed by atoms with E-state index in [9.17, 15) is 9.59 Å². The Kier molecular flexibility index (Phi) is 6.54. The predicted molar refractivity (Wildman–Crippen MR) is 123 cm³/mol. The Hall–Kier alpha value is -2.82. The monoisotopic (exact) mass is 435 g/mol. The van der Waals surface area contributed by atoms with Gasteiger partial charge in [-0.1, -0.05) is 42.5 Å². The van der Waals surface area contributed by atoms with E-state index in [1.807, 2.05) is 6.07 Å². The first-order chi connectivity index (χ1) is 15.5. The second-order valence-electron chi connectivity index (χ2n) is 8.95. The molecule has 1 saturated carbocycles. The van der Waals surface area contributed by atoms with Crippen molar-refractivity contribution in [3.05, 3.63) is 71.1 Å². The Bertz CT molecular complexity index is 986. The lowest BCUT2D eigenvalue weighted by Gasteiger charge is -2.25. The summed E-state index contributed by atoms with van der Waals surface area (Å²) in [5, 5.41) is 0. The van der Waals surface area contributed by atoms with Gasteiger partial charge in [0.2, 0.25) is 0 Å². The fraction of sp³-hybridized carbons (Fsp3) is 0.481. The van der Waals surface area contributed by atoms with Gasteiger partial charge in [0, 0.05) is 24.4 Å². The molecule has 1 fully saturated rings. The van der Waals surface area contributed by atoms with E-state index in [1.165, 1.54) is 28.8 Å². The number of allylic oxidation sites excluding steroid dienone is 1. The fourth-order valence-electron chi connectivity index (χ4n) is 5.41. The summed E-state index contributed by atoms with van der Waals surface area (Å²) in [5.74, 6) is -1.05. The molecule has 2 aliphatic carbocycles. The standard InChI is InChI=1S/C27H33NO4/c1-4-31-25(29)27(26(30)32-5-2)15-19(3)23(16-27)24-22-14-10-9-13-21(22)18-28(24)17-20-11-7-6-8-12-20/h6-8,11-12,18,23H,3-5,9-10,13-17H2,1-2H3. The molecule has 170 valence electrons. The van der Waals surface area contributed by atoms with Gasteiger partial charge >= 0.3 is 11.9 Å². The fourth-order valence-corrected chi connectivity index (χ4v) is 5.41. The van der Waals surface area contributed by atoms with Crippen molar-refractivity contribution >= 4 is 11.9 Å². The first-order valence-corrected chi connectivity index (χ1v) is 11.8. The third-order valence-corrected chi connectivity index (χ3v) is 6.87. The van der Waals surface area contributed by atoms with Crippen LogP contribution in [0, 0.1) is 5.41 Å². The third-order valence-electron chi connectivity index (χ3n) is 6.87. The van der Waals surface area contributed by atoms with E-state index in [4.69, 9.17) is 9.47 Å². The molecule has 0 radical (unpaired) electrons. The molecule has 32 heavy (non-hydrogen) atoms. The molecular weight excluding hydrogens is 402 g/mol. The van der Waals surface area contributed by atoms with Crippen LogP contribution in [0.15, 0.2) is 48.7 Å². The summed E-state index contributed by atoms with van der Waals surface area (Å²) in [5.41, 5.74) is 4.81. The maximum atomic E-state index is 13.0. The van der Waals surface area contributed by atoms with Crippen LogP contribution in [-0.4, -0.2) is 29.7 Å². The number of carbonyl (C=O) groups is 2. The van der Waals surface area contributed by atoms with Gasteiger partial charge < -0.3 is 14.0 Å². The molecule has 0 amide bonds. The number of carbonyl (C=O) groups excluding carboxylic acids is 2. The Morgan fingerprint density at radius 2 is 1.72 bits per heavy atom. The molecule has 5 heteroatoms. The van der Waals surface area contributed by atoms with E-state index in [1.54, 1.807) is 13.8 Å². The minimum Gasteiger partial charge on any atom is -0.465 e. The van der Waals surface area contributed by atoms with E-state index >= 15 is 0 Å². The zero-order valence-electron chi connectivity index (χ0n) is 19.2. The van der Waals surface area contributed by atoms with E-state index in [0.29, 0.717) is 6.42 Å². The van der Waals surface area contributed by atoms with Crippen molar-refractivity contribution in [2.24, 2.45) is 5.41 Å². The van der Waals surface area contributed by atoms with Crippen LogP contribution in [0.4, 0.5) is 0 Å². The topological polar surface area (TPSA) is 57.5 Å². The molecule has 0 aliphatic heterocycles. The maximum Gasteiger partial charge on any atom is 0.323 e. The van der Waals surface area contributed by atoms with Crippen LogP contribution >= 0.6 is 0 Å². The lowest BCUT2D eigenvalue weighted by Crippen LogP contribution is -2.40. The molecule has 0 bridgehead atoms. The Morgan fingerprint density at radius 1 is 1.06 bits per heavy atom. The highest BCUT2D eigenvalue weighted by Gasteiger charge is 2.56. The molecular formula is C27H33NO4. The number of benzene rings is 1. The summed E-state index contributed by atoms with van der Waals surface area (Å²) in [4.78, 5) is 26.1. The summed E-state index contributed by atoms with van der Waals surface area (Å²) in [7, 11) is 0. The van der Waals surface area contributed by atoms with Crippen molar-refractivity contribution < 1.29 is 19.1 Å². The second kappa shape index (κ2) is 9.35. The number of nitrogens with zero attached hydrogens (tertiary/aromatic N) is 1. The Balaban J connectivity index is 1.75. The van der Waals surface area contributed by atoms with Gasteiger partial charge in [0.05, 0.1) is 13.2 Å². The summed E-state index contributed by atoms with van der Waals surface area (Å²) < 4.78 is 13.0. The number of ether oxygens (including phenoxy) is 2. The normalized spacial score (nSPS) is 19.4. The molecule has 1 heterocycles. The van der Waals surface area contributed by atoms with Crippen LogP contribution in [0.2, 0.25) is 0 Å². The van der Waals surface area contributed by atoms with E-state index in [2.05, 4.69) is 41.6 Å². The smallest absolute Gasteiger partial charge is 0.323 e. The van der Waals surface area contributed by atoms with Crippen molar-refractivity contribution in [3.8, 4) is 0 Å². The molecule has 1 atom stereocenters. The van der Waals surface area contributed by atoms with Gasteiger partial charge in [0.1, 0.15) is 0 Å². The van der Waals surface area contributed by atoms with E-state index in [-0.39, 0.29) is 25.6 Å². The van der Waals surface area contributed by atoms with Gasteiger partial charge in [0.25, 0.3) is 0 Å². The van der Waals surface area contributed by atoms with Crippen LogP contribution in [-0.2, 0) is 38.4 Å². The van der Waals surface area contributed by atoms with Gasteiger partial charge in [0.15, 0.2) is 5.41 Å². The summed E-state index contributed by atoms with van der Waals surface area (Å²) >= 11 is 0. The summed E-state index contributed by atoms with van der Waals surface area (Å²) in [6.45, 7) is 9.10. The van der Waals surface area contributed by atoms with Gasteiger partial charge in [-0.15, -0.1) is 0 Å². The lowest BCUT2D eigenvalue weighted by molar-refractivity contribution is -0.171. The minimum atomic E-state index is -1.31. The molecule has 1 aromatic carbocycles. The van der Waals surface area contributed by atoms with Gasteiger partial charge in [-0.2, -0.15) is 0 Å². The Morgan fingerprint density at radius 3 is 2.38 bits per heavy atom. The second-order valence-corrected chi connectivity index (χ2v) is 8.95. The number of fused-ring (bicyclic) bond motifs is 1. The molecule has 2 aliphatic rings. The van der Waals surface area contributed by atoms with Crippen molar-refractivity contribution in [1.82, 2.24) is 4.57 Å². The Labute approximate surface area is 190 Å². The zero-order valence-corrected chi connectivity index (χ0v) is 19.2. The highest BCUT2D eigenvalue weighted by atomic mass is 16.6. The molecule has 2 aromatic rings. The van der Waals surface area contributed by atoms with Crippen LogP contribution in [0.3, 0.4) is 0 Å². The molecule has 1 unspecified atom stereocenters. The van der Waals surface area contributed by atoms with E-state index in [0.717, 1.165) is 31.4 Å². The summed E-state index contributed by atoms with van der Waals surface area (Å²) in [6, 6.07) is 10.4. The number of hydrogen-bond acceptors (Lipinski definition) is 4. The highest BCUT2D eigenvalue weighted by Crippen LogP contribution is 2.52. The first kappa shape index (κ1) is 22.4. The maximum absolute atomic E-state index is 13.0. The van der Waals surface area contributed by atoms with Gasteiger partial charge in [-0.25, -0.2) is 0 Å². The SMILES string of the molecule is C=C1CC(C(=O)OCC)(C(=O)OCC)CC1c1c2c(cn1Cc1ccccc1)CCCC2. The summed E-state index contributed by atoms with van der Waals surface area (Å²) in [6.07, 6.45) is 7.37. The number of aryl methyl sites for hydroxylation is 1. The predicted octanol–water partition coefficient (Wildman–Crippen LogP) is 4.96. The first-order valence-electron chi connectivity index (χ1n) is 11.8. The van der Waals surface area contributed by atoms with Crippen molar-refractivity contribution in [3.63, 3.8) is 0 Å². The van der Waals surface area contributed by atoms with Crippen LogP contribution in [0.25, 0.3) is 0 Å². The van der Waals surface area contributed by atoms with Crippen molar-refractivity contribution in [2.45, 2.75) is 64.8 Å². The number of esters is 2. The quantitative estimate of drug-likeness (QED) is 0.350. The number of aromatic nitrogens is 1. The van der Waals surface area contributed by atoms with Crippen LogP contribution in [0.1, 0.15) is 67.8 Å². The number of hydrogen-bond donors (Lipinski definition) is 0. The average molecular weight is 436 g/mol. The highest BCUT2D eigenvalue weighted by molar-refractivity contribution is 6.01. The van der Waals surface area contributed by atoms with Crippen molar-refractivity contribution in [2.75, 3.05) is 13.2 Å². The average Bonchev–Trinajstić information content (AvgIpc) is 3.32. The lowest BCUT2D eigenvalue weighted by atomic mass is 9.83. The molecule has 0 spiro atoms. The van der Waals surface area contributed by atoms with Crippen LogP contribution in [0.5, 0.6) is 0 Å². The van der Waals surface area contributed by atoms with Gasteiger partial charge in [-0.05, 0) is 69.1 Å². The minimum absolute atomic E-state index is 0.0747. The largest absolute Gasteiger partial charge is 0.465 e. The number of rotatable bonds is 7. The molecule has 0 saturated heterocycles. The zero-order chi connectivity index (χ0) is 22.7.